The predicted octanol–water partition coefficient (Wildman–Crippen LogP) is 1.65. The highest BCUT2D eigenvalue weighted by Crippen LogP contribution is 2.20. The molecule has 2 aliphatic rings. The molecule has 0 atom stereocenters. The molecule has 0 amide bonds. The van der Waals surface area contributed by atoms with Crippen molar-refractivity contribution in [1.82, 2.24) is 14.3 Å². The molecule has 0 N–H and O–H groups in total. The summed E-state index contributed by atoms with van der Waals surface area (Å²) >= 11 is 0. The van der Waals surface area contributed by atoms with E-state index in [-0.39, 0.29) is 24.3 Å². The van der Waals surface area contributed by atoms with Crippen molar-refractivity contribution in [3.8, 4) is 0 Å². The van der Waals surface area contributed by atoms with Crippen LogP contribution in [0.3, 0.4) is 0 Å². The van der Waals surface area contributed by atoms with Crippen LogP contribution in [0.5, 0.6) is 0 Å². The molecule has 116 valence electrons. The van der Waals surface area contributed by atoms with Crippen LogP contribution in [0.15, 0.2) is 4.79 Å². The van der Waals surface area contributed by atoms with Crippen LogP contribution in [-0.4, -0.2) is 26.4 Å². The van der Waals surface area contributed by atoms with Gasteiger partial charge in [0.1, 0.15) is 18.5 Å². The molecule has 1 aromatic heterocycles. The molecule has 0 unspecified atom stereocenters. The number of aryl methyl sites for hydroxylation is 1. The lowest BCUT2D eigenvalue weighted by Gasteiger charge is -2.21. The quantitative estimate of drug-likeness (QED) is 0.795. The Morgan fingerprint density at radius 1 is 1.14 bits per heavy atom. The molecule has 1 aliphatic carbocycles. The Morgan fingerprint density at radius 3 is 2.71 bits per heavy atom. The molecule has 1 aliphatic heterocycles. The van der Waals surface area contributed by atoms with Crippen molar-refractivity contribution in [3.63, 3.8) is 0 Å². The van der Waals surface area contributed by atoms with Gasteiger partial charge in [0.2, 0.25) is 0 Å². The number of fused-ring (bicyclic) bond motifs is 1. The summed E-state index contributed by atoms with van der Waals surface area (Å²) in [5.74, 6) is 0.472. The molecule has 3 rings (SSSR count). The number of carbonyl (C=O) groups is 1. The fraction of sp³-hybridized carbons (Fsp3) is 0.800. The number of hydrogen-bond acceptors (Lipinski definition) is 4. The first-order valence-electron chi connectivity index (χ1n) is 8.10. The third-order valence-corrected chi connectivity index (χ3v) is 4.41. The van der Waals surface area contributed by atoms with Gasteiger partial charge in [0, 0.05) is 13.0 Å². The van der Waals surface area contributed by atoms with Crippen molar-refractivity contribution in [2.75, 3.05) is 0 Å². The van der Waals surface area contributed by atoms with E-state index in [0.717, 1.165) is 57.2 Å². The van der Waals surface area contributed by atoms with Gasteiger partial charge in [-0.15, -0.1) is 0 Å². The lowest BCUT2D eigenvalue weighted by molar-refractivity contribution is -0.151. The summed E-state index contributed by atoms with van der Waals surface area (Å²) in [7, 11) is 0. The van der Waals surface area contributed by atoms with Gasteiger partial charge in [0.05, 0.1) is 0 Å². The number of nitrogens with zero attached hydrogens (tertiary/aromatic N) is 3. The second-order valence-electron chi connectivity index (χ2n) is 6.07. The lowest BCUT2D eigenvalue weighted by Crippen LogP contribution is -2.30. The Morgan fingerprint density at radius 2 is 1.90 bits per heavy atom. The summed E-state index contributed by atoms with van der Waals surface area (Å²) in [6.07, 6.45) is 9.40. The number of hydrogen-bond donors (Lipinski definition) is 0. The van der Waals surface area contributed by atoms with Crippen LogP contribution < -0.4 is 5.69 Å². The Kier molecular flexibility index (Phi) is 4.41. The molecule has 1 fully saturated rings. The van der Waals surface area contributed by atoms with Crippen LogP contribution in [0.2, 0.25) is 0 Å². The van der Waals surface area contributed by atoms with Crippen molar-refractivity contribution in [2.24, 2.45) is 0 Å². The summed E-state index contributed by atoms with van der Waals surface area (Å²) in [6, 6.07) is 0. The minimum atomic E-state index is -0.336. The zero-order valence-electron chi connectivity index (χ0n) is 12.4. The Balaban J connectivity index is 1.64. The molecule has 0 radical (unpaired) electrons. The fourth-order valence-corrected chi connectivity index (χ4v) is 3.26. The normalized spacial score (nSPS) is 19.8. The molecule has 1 aromatic rings. The molecule has 21 heavy (non-hydrogen) atoms. The zero-order chi connectivity index (χ0) is 14.7. The van der Waals surface area contributed by atoms with Crippen molar-refractivity contribution in [1.29, 1.82) is 0 Å². The molecule has 0 spiro atoms. The molecule has 6 nitrogen and oxygen atoms in total. The maximum Gasteiger partial charge on any atom is 0.346 e. The van der Waals surface area contributed by atoms with Gasteiger partial charge in [0.25, 0.3) is 0 Å². The van der Waals surface area contributed by atoms with E-state index in [1.165, 1.54) is 11.1 Å². The van der Waals surface area contributed by atoms with Crippen LogP contribution in [0, 0.1) is 0 Å². The number of aromatic nitrogens is 3. The fourth-order valence-electron chi connectivity index (χ4n) is 3.26. The van der Waals surface area contributed by atoms with E-state index in [1.807, 2.05) is 0 Å². The first kappa shape index (κ1) is 14.4. The second-order valence-corrected chi connectivity index (χ2v) is 6.07. The first-order valence-corrected chi connectivity index (χ1v) is 8.10. The highest BCUT2D eigenvalue weighted by molar-refractivity contribution is 5.69. The first-order chi connectivity index (χ1) is 10.2. The minimum absolute atomic E-state index is 0.0300. The summed E-state index contributed by atoms with van der Waals surface area (Å²) in [4.78, 5) is 24.2. The van der Waals surface area contributed by atoms with Gasteiger partial charge in [-0.25, -0.2) is 9.48 Å². The van der Waals surface area contributed by atoms with E-state index in [4.69, 9.17) is 4.74 Å². The number of carbonyl (C=O) groups excluding carboxylic acids is 1. The molecule has 0 saturated heterocycles. The van der Waals surface area contributed by atoms with Gasteiger partial charge in [-0.3, -0.25) is 9.36 Å². The largest absolute Gasteiger partial charge is 0.461 e. The second kappa shape index (κ2) is 6.45. The average molecular weight is 293 g/mol. The van der Waals surface area contributed by atoms with Gasteiger partial charge in [-0.2, -0.15) is 5.10 Å². The standard InChI is InChI=1S/C15H23N3O3/c19-14(21-12-7-3-1-4-8-12)11-18-15(20)17-10-6-2-5-9-13(17)16-18/h12H,1-11H2. The highest BCUT2D eigenvalue weighted by Gasteiger charge is 2.21. The minimum Gasteiger partial charge on any atom is -0.461 e. The summed E-state index contributed by atoms with van der Waals surface area (Å²) in [5, 5.41) is 4.31. The smallest absolute Gasteiger partial charge is 0.346 e. The Hall–Kier alpha value is -1.59. The van der Waals surface area contributed by atoms with Gasteiger partial charge in [0.15, 0.2) is 0 Å². The maximum absolute atomic E-state index is 12.2. The van der Waals surface area contributed by atoms with Crippen LogP contribution in [0.4, 0.5) is 0 Å². The third-order valence-electron chi connectivity index (χ3n) is 4.41. The van der Waals surface area contributed by atoms with Crippen LogP contribution in [0.1, 0.15) is 57.2 Å². The van der Waals surface area contributed by atoms with E-state index in [0.29, 0.717) is 6.54 Å². The summed E-state index contributed by atoms with van der Waals surface area (Å²) in [6.45, 7) is 0.654. The van der Waals surface area contributed by atoms with Crippen molar-refractivity contribution >= 4 is 5.97 Å². The molecule has 0 aromatic carbocycles. The topological polar surface area (TPSA) is 66.1 Å². The number of esters is 1. The van der Waals surface area contributed by atoms with E-state index in [1.54, 1.807) is 4.57 Å². The Bertz CT molecular complexity index is 555. The van der Waals surface area contributed by atoms with Crippen LogP contribution in [0.25, 0.3) is 0 Å². The zero-order valence-corrected chi connectivity index (χ0v) is 12.4. The number of ether oxygens (including phenoxy) is 1. The number of rotatable bonds is 3. The monoisotopic (exact) mass is 293 g/mol. The molecule has 1 saturated carbocycles. The average Bonchev–Trinajstić information content (AvgIpc) is 2.67. The predicted molar refractivity (Wildman–Crippen MR) is 77.0 cm³/mol. The molecule has 2 heterocycles. The van der Waals surface area contributed by atoms with Gasteiger partial charge in [-0.1, -0.05) is 12.8 Å². The highest BCUT2D eigenvalue weighted by atomic mass is 16.5. The maximum atomic E-state index is 12.2. The van der Waals surface area contributed by atoms with Gasteiger partial charge in [-0.05, 0) is 38.5 Å². The van der Waals surface area contributed by atoms with E-state index < -0.39 is 0 Å². The van der Waals surface area contributed by atoms with E-state index in [9.17, 15) is 9.59 Å². The Labute approximate surface area is 124 Å². The molecule has 0 bridgehead atoms. The van der Waals surface area contributed by atoms with E-state index >= 15 is 0 Å². The van der Waals surface area contributed by atoms with Gasteiger partial charge >= 0.3 is 11.7 Å². The van der Waals surface area contributed by atoms with Crippen LogP contribution in [-0.2, 0) is 29.0 Å². The van der Waals surface area contributed by atoms with Crippen molar-refractivity contribution < 1.29 is 9.53 Å². The summed E-state index contributed by atoms with van der Waals surface area (Å²) < 4.78 is 8.44. The van der Waals surface area contributed by atoms with Crippen molar-refractivity contribution in [3.05, 3.63) is 16.3 Å². The molecular weight excluding hydrogens is 270 g/mol. The lowest BCUT2D eigenvalue weighted by atomic mass is 9.98. The summed E-state index contributed by atoms with van der Waals surface area (Å²) in [5.41, 5.74) is -0.174. The van der Waals surface area contributed by atoms with Gasteiger partial charge < -0.3 is 4.74 Å². The molecular formula is C15H23N3O3. The molecule has 6 heteroatoms. The van der Waals surface area contributed by atoms with Crippen molar-refractivity contribution in [2.45, 2.75) is 77.0 Å². The third kappa shape index (κ3) is 3.36. The van der Waals surface area contributed by atoms with Crippen LogP contribution >= 0.6 is 0 Å². The SMILES string of the molecule is O=C(Cn1nc2n(c1=O)CCCCC2)OC1CCCCC1. The van der Waals surface area contributed by atoms with E-state index in [2.05, 4.69) is 5.10 Å².